The van der Waals surface area contributed by atoms with Crippen molar-refractivity contribution >= 4 is 38.2 Å². The lowest BCUT2D eigenvalue weighted by atomic mass is 10.0. The van der Waals surface area contributed by atoms with Crippen LogP contribution in [0.3, 0.4) is 0 Å². The van der Waals surface area contributed by atoms with Crippen LogP contribution >= 0.6 is 0 Å². The van der Waals surface area contributed by atoms with Crippen molar-refractivity contribution in [3.63, 3.8) is 0 Å². The van der Waals surface area contributed by atoms with Gasteiger partial charge in [0.05, 0.1) is 11.0 Å². The molecule has 1 saturated heterocycles. The average Bonchev–Trinajstić information content (AvgIpc) is 3.50. The monoisotopic (exact) mass is 561 g/mol. The fourth-order valence-corrected chi connectivity index (χ4v) is 5.86. The van der Waals surface area contributed by atoms with Crippen LogP contribution in [0.5, 0.6) is 5.75 Å². The second kappa shape index (κ2) is 12.0. The maximum Gasteiger partial charge on any atom is 0.257 e. The largest absolute Gasteiger partial charge is 0.484 e. The minimum atomic E-state index is -3.75. The minimum absolute atomic E-state index is 0.0616. The first-order valence-corrected chi connectivity index (χ1v) is 14.5. The number of aryl methyl sites for hydroxylation is 1. The number of aromatic nitrogens is 2. The summed E-state index contributed by atoms with van der Waals surface area (Å²) in [4.78, 5) is 11.6. The van der Waals surface area contributed by atoms with E-state index < -0.39 is 10.0 Å². The third kappa shape index (κ3) is 6.22. The average molecular weight is 562 g/mol. The van der Waals surface area contributed by atoms with Crippen molar-refractivity contribution in [2.45, 2.75) is 30.8 Å². The summed E-state index contributed by atoms with van der Waals surface area (Å²) in [7, 11) is -2.19. The number of ether oxygens (including phenoxy) is 2. The molecule has 1 fully saturated rings. The Bertz CT molecular complexity index is 1620. The minimum Gasteiger partial charge on any atom is -0.484 e. The number of hydrogen-bond donors (Lipinski definition) is 3. The summed E-state index contributed by atoms with van der Waals surface area (Å²) in [5, 5.41) is 16.4. The molecule has 4 aromatic rings. The fourth-order valence-electron chi connectivity index (χ4n) is 4.52. The number of sulfonamides is 1. The highest BCUT2D eigenvalue weighted by Gasteiger charge is 2.23. The molecule has 0 unspecified atom stereocenters. The van der Waals surface area contributed by atoms with Crippen LogP contribution < -0.4 is 20.1 Å². The maximum absolute atomic E-state index is 13.2. The quantitative estimate of drug-likeness (QED) is 0.265. The van der Waals surface area contributed by atoms with E-state index in [0.29, 0.717) is 35.0 Å². The summed E-state index contributed by atoms with van der Waals surface area (Å²) >= 11 is 0. The number of rotatable bonds is 10. The van der Waals surface area contributed by atoms with Crippen LogP contribution in [0.4, 0.5) is 11.5 Å². The maximum atomic E-state index is 13.2. The lowest BCUT2D eigenvalue weighted by molar-refractivity contribution is -0.122. The van der Waals surface area contributed by atoms with Crippen molar-refractivity contribution in [2.75, 3.05) is 32.1 Å². The molecule has 0 aliphatic carbocycles. The van der Waals surface area contributed by atoms with Gasteiger partial charge in [-0.05, 0) is 55.7 Å². The van der Waals surface area contributed by atoms with Crippen LogP contribution in [0.1, 0.15) is 18.4 Å². The smallest absolute Gasteiger partial charge is 0.257 e. The molecule has 1 amide bonds. The van der Waals surface area contributed by atoms with Crippen molar-refractivity contribution in [3.8, 4) is 17.0 Å². The number of hydrogen-bond acceptors (Lipinski definition) is 8. The van der Waals surface area contributed by atoms with Gasteiger partial charge in [0.25, 0.3) is 5.91 Å². The Labute approximate surface area is 233 Å². The third-order valence-electron chi connectivity index (χ3n) is 6.73. The Kier molecular flexibility index (Phi) is 8.24. The third-order valence-corrected chi connectivity index (χ3v) is 8.29. The number of anilines is 2. The molecule has 3 aromatic carbocycles. The van der Waals surface area contributed by atoms with E-state index in [1.54, 1.807) is 38.2 Å². The van der Waals surface area contributed by atoms with E-state index in [0.717, 1.165) is 29.3 Å². The van der Waals surface area contributed by atoms with Gasteiger partial charge in [-0.2, -0.15) is 0 Å². The van der Waals surface area contributed by atoms with Gasteiger partial charge in [0.15, 0.2) is 12.4 Å². The zero-order valence-corrected chi connectivity index (χ0v) is 23.1. The van der Waals surface area contributed by atoms with Crippen molar-refractivity contribution in [3.05, 3.63) is 72.3 Å². The van der Waals surface area contributed by atoms with Crippen LogP contribution in [-0.4, -0.2) is 57.4 Å². The zero-order valence-electron chi connectivity index (χ0n) is 22.3. The van der Waals surface area contributed by atoms with Crippen molar-refractivity contribution in [1.29, 1.82) is 0 Å². The SMILES string of the molecule is CNC(=O)COc1ccc(Nc2nnc(-c3ccc(C)c(S(=O)(=O)NC[C@@H]4CCCO4)c3)c3ccccc23)cc1. The van der Waals surface area contributed by atoms with Gasteiger partial charge in [-0.1, -0.05) is 36.4 Å². The molecular formula is C29H31N5O5S. The molecule has 208 valence electrons. The van der Waals surface area contributed by atoms with E-state index in [1.165, 1.54) is 0 Å². The fraction of sp³-hybridized carbons (Fsp3) is 0.276. The molecule has 5 rings (SSSR count). The molecule has 0 radical (unpaired) electrons. The van der Waals surface area contributed by atoms with E-state index in [9.17, 15) is 13.2 Å². The summed E-state index contributed by atoms with van der Waals surface area (Å²) < 4.78 is 40.1. The zero-order chi connectivity index (χ0) is 28.1. The molecular weight excluding hydrogens is 530 g/mol. The Morgan fingerprint density at radius 1 is 1.05 bits per heavy atom. The number of amides is 1. The van der Waals surface area contributed by atoms with Gasteiger partial charge in [0, 0.05) is 42.2 Å². The Hall–Kier alpha value is -4.06. The lowest BCUT2D eigenvalue weighted by Crippen LogP contribution is -2.32. The van der Waals surface area contributed by atoms with Crippen LogP contribution in [0.25, 0.3) is 22.0 Å². The molecule has 0 saturated carbocycles. The first-order chi connectivity index (χ1) is 19.3. The molecule has 1 aliphatic rings. The van der Waals surface area contributed by atoms with Crippen molar-refractivity contribution in [1.82, 2.24) is 20.2 Å². The number of carbonyl (C=O) groups is 1. The number of carbonyl (C=O) groups excluding carboxylic acids is 1. The number of nitrogens with one attached hydrogen (secondary N) is 3. The second-order valence-electron chi connectivity index (χ2n) is 9.52. The van der Waals surface area contributed by atoms with Gasteiger partial charge in [-0.15, -0.1) is 10.2 Å². The molecule has 0 spiro atoms. The van der Waals surface area contributed by atoms with Gasteiger partial charge in [-0.25, -0.2) is 13.1 Å². The van der Waals surface area contributed by atoms with Crippen LogP contribution in [0.2, 0.25) is 0 Å². The van der Waals surface area contributed by atoms with Crippen molar-refractivity contribution in [2.24, 2.45) is 0 Å². The Balaban J connectivity index is 1.40. The van der Waals surface area contributed by atoms with E-state index in [-0.39, 0.29) is 30.1 Å². The highest BCUT2D eigenvalue weighted by molar-refractivity contribution is 7.89. The second-order valence-corrected chi connectivity index (χ2v) is 11.3. The predicted molar refractivity (Wildman–Crippen MR) is 153 cm³/mol. The standard InChI is InChI=1S/C29H31N5O5S/c1-19-9-10-20(16-26(19)40(36,37)31-17-23-6-5-15-38-23)28-24-7-3-4-8-25(24)29(34-33-28)32-21-11-13-22(14-12-21)39-18-27(35)30-2/h3-4,7-14,16,23,31H,5-6,15,17-18H2,1-2H3,(H,30,35)(H,32,34)/t23-/m0/s1. The molecule has 11 heteroatoms. The lowest BCUT2D eigenvalue weighted by Gasteiger charge is -2.15. The number of benzene rings is 3. The van der Waals surface area contributed by atoms with Crippen molar-refractivity contribution < 1.29 is 22.7 Å². The normalized spacial score (nSPS) is 15.2. The summed E-state index contributed by atoms with van der Waals surface area (Å²) in [5.41, 5.74) is 2.63. The summed E-state index contributed by atoms with van der Waals surface area (Å²) in [5.74, 6) is 0.907. The van der Waals surface area contributed by atoms with Crippen LogP contribution in [-0.2, 0) is 19.6 Å². The molecule has 1 aliphatic heterocycles. The topological polar surface area (TPSA) is 132 Å². The van der Waals surface area contributed by atoms with E-state index in [4.69, 9.17) is 9.47 Å². The highest BCUT2D eigenvalue weighted by atomic mass is 32.2. The first kappa shape index (κ1) is 27.5. The summed E-state index contributed by atoms with van der Waals surface area (Å²) in [6, 6.07) is 20.1. The number of likely N-dealkylation sites (N-methyl/N-ethyl adjacent to an activating group) is 1. The first-order valence-electron chi connectivity index (χ1n) is 13.0. The Morgan fingerprint density at radius 3 is 2.55 bits per heavy atom. The van der Waals surface area contributed by atoms with E-state index in [2.05, 4.69) is 25.6 Å². The number of fused-ring (bicyclic) bond motifs is 1. The molecule has 0 bridgehead atoms. The van der Waals surface area contributed by atoms with Gasteiger partial charge in [0.2, 0.25) is 10.0 Å². The molecule has 40 heavy (non-hydrogen) atoms. The van der Waals surface area contributed by atoms with Gasteiger partial charge in [-0.3, -0.25) is 4.79 Å². The van der Waals surface area contributed by atoms with E-state index in [1.807, 2.05) is 42.5 Å². The highest BCUT2D eigenvalue weighted by Crippen LogP contribution is 2.33. The summed E-state index contributed by atoms with van der Waals surface area (Å²) in [6.07, 6.45) is 1.69. The summed E-state index contributed by atoms with van der Waals surface area (Å²) in [6.45, 7) is 2.62. The molecule has 1 atom stereocenters. The Morgan fingerprint density at radius 2 is 1.82 bits per heavy atom. The van der Waals surface area contributed by atoms with Gasteiger partial charge >= 0.3 is 0 Å². The van der Waals surface area contributed by atoms with E-state index >= 15 is 0 Å². The van der Waals surface area contributed by atoms with Crippen LogP contribution in [0.15, 0.2) is 71.6 Å². The van der Waals surface area contributed by atoms with Gasteiger partial charge in [0.1, 0.15) is 11.4 Å². The molecule has 3 N–H and O–H groups in total. The molecule has 1 aromatic heterocycles. The van der Waals surface area contributed by atoms with Gasteiger partial charge < -0.3 is 20.1 Å². The van der Waals surface area contributed by atoms with Crippen LogP contribution in [0, 0.1) is 6.92 Å². The predicted octanol–water partition coefficient (Wildman–Crippen LogP) is 3.93. The number of nitrogens with zero attached hydrogens (tertiary/aromatic N) is 2. The molecule has 2 heterocycles. The molecule has 10 nitrogen and oxygen atoms in total.